The first-order chi connectivity index (χ1) is 29.2. The van der Waals surface area contributed by atoms with Crippen LogP contribution >= 0.6 is 0 Å². The van der Waals surface area contributed by atoms with Gasteiger partial charge in [-0.25, -0.2) is 9.97 Å². The third kappa shape index (κ3) is 6.26. The highest BCUT2D eigenvalue weighted by Crippen LogP contribution is 2.40. The maximum atomic E-state index is 5.17. The van der Waals surface area contributed by atoms with Gasteiger partial charge in [0, 0.05) is 33.2 Å². The Labute approximate surface area is 343 Å². The molecular formula is C56H37N3. The van der Waals surface area contributed by atoms with Crippen molar-refractivity contribution >= 4 is 32.6 Å². The number of nitrogens with zero attached hydrogens (tertiary/aromatic N) is 3. The van der Waals surface area contributed by atoms with E-state index in [1.165, 1.54) is 55.0 Å². The van der Waals surface area contributed by atoms with Crippen LogP contribution in [0, 0.1) is 0 Å². The lowest BCUT2D eigenvalue weighted by Gasteiger charge is -2.14. The lowest BCUT2D eigenvalue weighted by Crippen LogP contribution is -1.97. The second kappa shape index (κ2) is 14.6. The summed E-state index contributed by atoms with van der Waals surface area (Å²) in [5.74, 6) is 0.711. The van der Waals surface area contributed by atoms with E-state index in [0.717, 1.165) is 44.7 Å². The topological polar surface area (TPSA) is 30.7 Å². The molecular weight excluding hydrogens is 715 g/mol. The van der Waals surface area contributed by atoms with Crippen LogP contribution in [0.15, 0.2) is 224 Å². The molecule has 0 saturated carbocycles. The average molecular weight is 752 g/mol. The van der Waals surface area contributed by atoms with Gasteiger partial charge in [0.2, 0.25) is 0 Å². The lowest BCUT2D eigenvalue weighted by molar-refractivity contribution is 1.18. The van der Waals surface area contributed by atoms with Crippen LogP contribution in [0.2, 0.25) is 0 Å². The second-order valence-corrected chi connectivity index (χ2v) is 15.0. The number of benzene rings is 9. The second-order valence-electron chi connectivity index (χ2n) is 15.0. The van der Waals surface area contributed by atoms with E-state index in [2.05, 4.69) is 205 Å². The van der Waals surface area contributed by atoms with Gasteiger partial charge in [-0.3, -0.25) is 0 Å². The summed E-state index contributed by atoms with van der Waals surface area (Å²) in [6.07, 6.45) is 0. The van der Waals surface area contributed by atoms with Gasteiger partial charge in [0.05, 0.1) is 22.4 Å². The fraction of sp³-hybridized carbons (Fsp3) is 0. The van der Waals surface area contributed by atoms with E-state index in [9.17, 15) is 0 Å². The molecule has 0 unspecified atom stereocenters. The van der Waals surface area contributed by atoms with Crippen molar-refractivity contribution in [3.8, 4) is 73.0 Å². The van der Waals surface area contributed by atoms with Crippen LogP contribution < -0.4 is 0 Å². The van der Waals surface area contributed by atoms with Crippen molar-refractivity contribution in [3.63, 3.8) is 0 Å². The maximum Gasteiger partial charge on any atom is 0.160 e. The van der Waals surface area contributed by atoms with E-state index in [4.69, 9.17) is 9.97 Å². The van der Waals surface area contributed by atoms with Crippen molar-refractivity contribution in [1.29, 1.82) is 0 Å². The van der Waals surface area contributed by atoms with Crippen molar-refractivity contribution in [1.82, 2.24) is 14.5 Å². The number of aromatic nitrogens is 3. The predicted molar refractivity (Wildman–Crippen MR) is 246 cm³/mol. The summed E-state index contributed by atoms with van der Waals surface area (Å²) in [5, 5.41) is 4.80. The molecule has 0 aliphatic heterocycles. The van der Waals surface area contributed by atoms with Crippen molar-refractivity contribution in [2.75, 3.05) is 0 Å². The Hall–Kier alpha value is -7.88. The van der Waals surface area contributed by atoms with Crippen molar-refractivity contribution < 1.29 is 0 Å². The van der Waals surface area contributed by atoms with Crippen molar-refractivity contribution in [2.45, 2.75) is 0 Å². The number of fused-ring (bicyclic) bond motifs is 4. The minimum atomic E-state index is 0.711. The zero-order chi connectivity index (χ0) is 39.1. The van der Waals surface area contributed by atoms with Gasteiger partial charge in [-0.1, -0.05) is 182 Å². The highest BCUT2D eigenvalue weighted by atomic mass is 15.0. The summed E-state index contributed by atoms with van der Waals surface area (Å²) >= 11 is 0. The lowest BCUT2D eigenvalue weighted by atomic mass is 9.93. The molecule has 3 heteroatoms. The molecule has 0 bridgehead atoms. The monoisotopic (exact) mass is 751 g/mol. The smallest absolute Gasteiger partial charge is 0.160 e. The van der Waals surface area contributed by atoms with Gasteiger partial charge in [0.15, 0.2) is 5.82 Å². The van der Waals surface area contributed by atoms with Crippen LogP contribution in [0.5, 0.6) is 0 Å². The molecule has 0 fully saturated rings. The average Bonchev–Trinajstić information content (AvgIpc) is 3.65. The molecule has 0 saturated heterocycles. The molecule has 276 valence electrons. The Kier molecular flexibility index (Phi) is 8.49. The normalized spacial score (nSPS) is 11.4. The molecule has 0 aliphatic carbocycles. The molecule has 0 amide bonds. The molecule has 59 heavy (non-hydrogen) atoms. The van der Waals surface area contributed by atoms with Crippen molar-refractivity contribution in [3.05, 3.63) is 224 Å². The molecule has 0 atom stereocenters. The van der Waals surface area contributed by atoms with Crippen LogP contribution in [0.4, 0.5) is 0 Å². The van der Waals surface area contributed by atoms with Crippen LogP contribution in [0.3, 0.4) is 0 Å². The number of hydrogen-bond acceptors (Lipinski definition) is 2. The Bertz CT molecular complexity index is 3130. The third-order valence-corrected chi connectivity index (χ3v) is 11.4. The molecule has 0 N–H and O–H groups in total. The largest absolute Gasteiger partial charge is 0.309 e. The van der Waals surface area contributed by atoms with Gasteiger partial charge in [-0.15, -0.1) is 0 Å². The number of rotatable bonds is 7. The summed E-state index contributed by atoms with van der Waals surface area (Å²) in [7, 11) is 0. The molecule has 2 aromatic heterocycles. The first-order valence-corrected chi connectivity index (χ1v) is 20.1. The van der Waals surface area contributed by atoms with Crippen LogP contribution in [-0.2, 0) is 0 Å². The molecule has 11 rings (SSSR count). The zero-order valence-electron chi connectivity index (χ0n) is 32.2. The van der Waals surface area contributed by atoms with E-state index >= 15 is 0 Å². The van der Waals surface area contributed by atoms with Gasteiger partial charge >= 0.3 is 0 Å². The summed E-state index contributed by atoms with van der Waals surface area (Å²) in [6, 6.07) is 79.9. The minimum Gasteiger partial charge on any atom is -0.309 e. The van der Waals surface area contributed by atoms with Gasteiger partial charge < -0.3 is 4.57 Å². The highest BCUT2D eigenvalue weighted by Gasteiger charge is 2.17. The number of hydrogen-bond donors (Lipinski definition) is 0. The summed E-state index contributed by atoms with van der Waals surface area (Å²) in [6.45, 7) is 0. The first-order valence-electron chi connectivity index (χ1n) is 20.1. The molecule has 0 spiro atoms. The van der Waals surface area contributed by atoms with E-state index < -0.39 is 0 Å². The zero-order valence-corrected chi connectivity index (χ0v) is 32.2. The van der Waals surface area contributed by atoms with Gasteiger partial charge in [0.1, 0.15) is 0 Å². The van der Waals surface area contributed by atoms with Crippen LogP contribution in [0.1, 0.15) is 0 Å². The van der Waals surface area contributed by atoms with Crippen molar-refractivity contribution in [2.24, 2.45) is 0 Å². The van der Waals surface area contributed by atoms with Gasteiger partial charge in [0.25, 0.3) is 0 Å². The van der Waals surface area contributed by atoms with E-state index in [-0.39, 0.29) is 0 Å². The maximum absolute atomic E-state index is 5.17. The SMILES string of the molecule is c1ccc(-c2ccc3c(c2)c2cc(-c4ccccc4)ccc2n3-c2ccc(-c3ccc(-c4cc(-c5ccccc5)nc(-c5ccccc5)n4)c4ccccc34)cc2)cc1. The minimum absolute atomic E-state index is 0.711. The molecule has 3 nitrogen and oxygen atoms in total. The highest BCUT2D eigenvalue weighted by molar-refractivity contribution is 6.12. The molecule has 9 aromatic carbocycles. The Morgan fingerprint density at radius 2 is 0.712 bits per heavy atom. The van der Waals surface area contributed by atoms with Gasteiger partial charge in [-0.2, -0.15) is 0 Å². The first kappa shape index (κ1) is 34.4. The molecule has 2 heterocycles. The van der Waals surface area contributed by atoms with E-state index in [1.54, 1.807) is 0 Å². The molecule has 0 aliphatic rings. The fourth-order valence-corrected chi connectivity index (χ4v) is 8.54. The standard InChI is InChI=1S/C56H37N3/c1-5-15-38(16-6-1)43-27-33-54-50(35-43)51-36-44(39-17-7-2-8-18-39)28-34-55(51)59(54)45-29-25-40(26-30-45)46-31-32-49(48-24-14-13-23-47(46)48)53-37-52(41-19-9-3-10-20-41)57-56(58-53)42-21-11-4-12-22-42/h1-37H. The summed E-state index contributed by atoms with van der Waals surface area (Å²) in [5.41, 5.74) is 15.6. The van der Waals surface area contributed by atoms with Crippen LogP contribution in [0.25, 0.3) is 106 Å². The van der Waals surface area contributed by atoms with Crippen LogP contribution in [-0.4, -0.2) is 14.5 Å². The summed E-state index contributed by atoms with van der Waals surface area (Å²) < 4.78 is 2.41. The fourth-order valence-electron chi connectivity index (χ4n) is 8.54. The molecule has 0 radical (unpaired) electrons. The van der Waals surface area contributed by atoms with E-state index in [1.807, 2.05) is 24.3 Å². The van der Waals surface area contributed by atoms with Gasteiger partial charge in [-0.05, 0) is 86.6 Å². The third-order valence-electron chi connectivity index (χ3n) is 11.4. The quantitative estimate of drug-likeness (QED) is 0.162. The van der Waals surface area contributed by atoms with E-state index in [0.29, 0.717) is 5.82 Å². The summed E-state index contributed by atoms with van der Waals surface area (Å²) in [4.78, 5) is 10.2. The Balaban J connectivity index is 1.02. The predicted octanol–water partition coefficient (Wildman–Crippen LogP) is 14.7. The Morgan fingerprint density at radius 3 is 1.27 bits per heavy atom. The molecule has 11 aromatic rings. The Morgan fingerprint density at radius 1 is 0.271 bits per heavy atom.